The summed E-state index contributed by atoms with van der Waals surface area (Å²) in [5.74, 6) is -20.7. The van der Waals surface area contributed by atoms with Gasteiger partial charge < -0.3 is 10.4 Å². The monoisotopic (exact) mass is 403 g/mol. The van der Waals surface area contributed by atoms with Gasteiger partial charge in [0.1, 0.15) is 5.69 Å². The lowest BCUT2D eigenvalue weighted by Gasteiger charge is -2.10. The van der Waals surface area contributed by atoms with Crippen LogP contribution in [-0.4, -0.2) is 18.3 Å². The number of nitrogens with zero attached hydrogens (tertiary/aromatic N) is 2. The smallest absolute Gasteiger partial charge is 0.200 e. The van der Waals surface area contributed by atoms with Crippen molar-refractivity contribution in [3.05, 3.63) is 52.4 Å². The fraction of sp³-hybridized carbons (Fsp3) is 0.143. The van der Waals surface area contributed by atoms with Crippen molar-refractivity contribution in [1.82, 2.24) is 0 Å². The first-order valence-electron chi connectivity index (χ1n) is 6.77. The minimum Gasteiger partial charge on any atom is -0.395 e. The molecule has 0 saturated carbocycles. The molecule has 0 aliphatic heterocycles. The lowest BCUT2D eigenvalue weighted by Crippen LogP contribution is -2.11. The van der Waals surface area contributed by atoms with E-state index in [2.05, 4.69) is 10.2 Å². The molecule has 0 radical (unpaired) electrons. The topological polar surface area (TPSA) is 57.0 Å². The van der Waals surface area contributed by atoms with E-state index in [9.17, 15) is 39.5 Å². The molecule has 0 unspecified atom stereocenters. The molecule has 0 heterocycles. The molecule has 0 spiro atoms. The van der Waals surface area contributed by atoms with Crippen molar-refractivity contribution in [1.29, 1.82) is 0 Å². The maximum Gasteiger partial charge on any atom is 0.200 e. The van der Waals surface area contributed by atoms with Crippen LogP contribution >= 0.6 is 0 Å². The third-order valence-corrected chi connectivity index (χ3v) is 3.09. The molecule has 0 amide bonds. The van der Waals surface area contributed by atoms with E-state index in [0.717, 1.165) is 0 Å². The SMILES string of the molecule is OCCNc1c(F)c(F)c(N=Nc2c(F)c(F)c(F)c(F)c2F)c(F)c1F. The van der Waals surface area contributed by atoms with Gasteiger partial charge in [-0.15, -0.1) is 10.2 Å². The van der Waals surface area contributed by atoms with Crippen molar-refractivity contribution in [2.45, 2.75) is 0 Å². The van der Waals surface area contributed by atoms with E-state index in [1.165, 1.54) is 0 Å². The standard InChI is InChI=1S/C14H6F9N3O/c15-3-4(16)6(18)13(7(19)5(3)17)25-26-14-10(22)8(20)12(24-1-2-27)9(21)11(14)23/h24,27H,1-2H2. The molecule has 13 heteroatoms. The number of rotatable bonds is 5. The van der Waals surface area contributed by atoms with Crippen LogP contribution in [0.25, 0.3) is 0 Å². The Morgan fingerprint density at radius 3 is 1.26 bits per heavy atom. The minimum absolute atomic E-state index is 0.488. The molecule has 2 aromatic carbocycles. The Morgan fingerprint density at radius 2 is 0.889 bits per heavy atom. The summed E-state index contributed by atoms with van der Waals surface area (Å²) in [4.78, 5) is 0. The van der Waals surface area contributed by atoms with Crippen LogP contribution in [0.3, 0.4) is 0 Å². The van der Waals surface area contributed by atoms with Gasteiger partial charge in [0.2, 0.25) is 5.82 Å². The normalized spacial score (nSPS) is 11.5. The lowest BCUT2D eigenvalue weighted by molar-refractivity contribution is 0.310. The minimum atomic E-state index is -2.52. The maximum absolute atomic E-state index is 13.8. The van der Waals surface area contributed by atoms with E-state index in [1.807, 2.05) is 5.32 Å². The quantitative estimate of drug-likeness (QED) is 0.328. The largest absolute Gasteiger partial charge is 0.395 e. The van der Waals surface area contributed by atoms with Gasteiger partial charge in [-0.1, -0.05) is 0 Å². The van der Waals surface area contributed by atoms with Gasteiger partial charge in [-0.3, -0.25) is 0 Å². The Balaban J connectivity index is 2.60. The summed E-state index contributed by atoms with van der Waals surface area (Å²) in [5.41, 5.74) is -5.05. The van der Waals surface area contributed by atoms with Gasteiger partial charge in [-0.2, -0.15) is 0 Å². The van der Waals surface area contributed by atoms with E-state index >= 15 is 0 Å². The second kappa shape index (κ2) is 7.82. The van der Waals surface area contributed by atoms with Crippen molar-refractivity contribution < 1.29 is 44.6 Å². The van der Waals surface area contributed by atoms with Crippen molar-refractivity contribution in [2.75, 3.05) is 18.5 Å². The van der Waals surface area contributed by atoms with Gasteiger partial charge in [-0.25, -0.2) is 39.5 Å². The van der Waals surface area contributed by atoms with E-state index in [0.29, 0.717) is 0 Å². The van der Waals surface area contributed by atoms with Crippen LogP contribution in [0.4, 0.5) is 56.6 Å². The molecule has 0 atom stereocenters. The number of anilines is 1. The Labute approximate surface area is 143 Å². The summed E-state index contributed by atoms with van der Waals surface area (Å²) in [5, 5.41) is 15.4. The molecule has 146 valence electrons. The summed E-state index contributed by atoms with van der Waals surface area (Å²) >= 11 is 0. The van der Waals surface area contributed by atoms with Crippen molar-refractivity contribution in [3.8, 4) is 0 Å². The van der Waals surface area contributed by atoms with Crippen molar-refractivity contribution >= 4 is 17.1 Å². The molecule has 0 aromatic heterocycles. The highest BCUT2D eigenvalue weighted by atomic mass is 19.2. The molecule has 0 fully saturated rings. The maximum atomic E-state index is 13.8. The zero-order chi connectivity index (χ0) is 20.5. The molecule has 2 rings (SSSR count). The number of benzene rings is 2. The van der Waals surface area contributed by atoms with E-state index in [-0.39, 0.29) is 0 Å². The lowest BCUT2D eigenvalue weighted by atomic mass is 10.2. The van der Waals surface area contributed by atoms with Gasteiger partial charge in [0.05, 0.1) is 6.61 Å². The van der Waals surface area contributed by atoms with Crippen molar-refractivity contribution in [2.24, 2.45) is 10.2 Å². The van der Waals surface area contributed by atoms with Crippen LogP contribution in [-0.2, 0) is 0 Å². The van der Waals surface area contributed by atoms with E-state index in [1.54, 1.807) is 0 Å². The molecular formula is C14H6F9N3O. The number of aliphatic hydroxyl groups is 1. The number of hydrogen-bond acceptors (Lipinski definition) is 4. The first kappa shape index (κ1) is 20.5. The van der Waals surface area contributed by atoms with Crippen LogP contribution in [0.15, 0.2) is 10.2 Å². The number of aliphatic hydroxyl groups excluding tert-OH is 1. The highest BCUT2D eigenvalue weighted by molar-refractivity contribution is 5.56. The zero-order valence-electron chi connectivity index (χ0n) is 12.7. The van der Waals surface area contributed by atoms with E-state index in [4.69, 9.17) is 5.11 Å². The average molecular weight is 403 g/mol. The molecule has 0 aliphatic carbocycles. The Morgan fingerprint density at radius 1 is 0.556 bits per heavy atom. The predicted molar refractivity (Wildman–Crippen MR) is 72.3 cm³/mol. The Bertz CT molecular complexity index is 875. The van der Waals surface area contributed by atoms with Crippen LogP contribution in [0.5, 0.6) is 0 Å². The molecule has 0 aliphatic rings. The number of nitrogens with one attached hydrogen (secondary N) is 1. The summed E-state index contributed by atoms with van der Waals surface area (Å²) in [6, 6.07) is 0. The molecule has 2 aromatic rings. The summed E-state index contributed by atoms with van der Waals surface area (Å²) in [6.45, 7) is -1.14. The Kier molecular flexibility index (Phi) is 5.93. The second-order valence-electron chi connectivity index (χ2n) is 4.75. The summed E-state index contributed by atoms with van der Waals surface area (Å²) in [6.07, 6.45) is 0. The molecule has 0 saturated heterocycles. The van der Waals surface area contributed by atoms with Gasteiger partial charge in [-0.05, 0) is 0 Å². The third-order valence-electron chi connectivity index (χ3n) is 3.09. The molecule has 4 nitrogen and oxygen atoms in total. The van der Waals surface area contributed by atoms with Gasteiger partial charge >= 0.3 is 0 Å². The summed E-state index contributed by atoms with van der Waals surface area (Å²) < 4.78 is 121. The van der Waals surface area contributed by atoms with Gasteiger partial charge in [0.15, 0.2) is 57.9 Å². The average Bonchev–Trinajstić information content (AvgIpc) is 2.65. The van der Waals surface area contributed by atoms with Crippen LogP contribution in [0, 0.1) is 52.4 Å². The zero-order valence-corrected chi connectivity index (χ0v) is 12.7. The number of hydrogen-bond donors (Lipinski definition) is 2. The summed E-state index contributed by atoms with van der Waals surface area (Å²) in [7, 11) is 0. The predicted octanol–water partition coefficient (Wildman–Crippen LogP) is 4.76. The van der Waals surface area contributed by atoms with Gasteiger partial charge in [0, 0.05) is 6.54 Å². The molecular weight excluding hydrogens is 397 g/mol. The fourth-order valence-corrected chi connectivity index (χ4v) is 1.83. The fourth-order valence-electron chi connectivity index (χ4n) is 1.83. The first-order valence-corrected chi connectivity index (χ1v) is 6.77. The molecule has 0 bridgehead atoms. The molecule has 2 N–H and O–H groups in total. The number of azo groups is 1. The highest BCUT2D eigenvalue weighted by Gasteiger charge is 2.28. The van der Waals surface area contributed by atoms with E-state index < -0.39 is 82.6 Å². The third kappa shape index (κ3) is 3.54. The van der Waals surface area contributed by atoms with Crippen LogP contribution in [0.2, 0.25) is 0 Å². The van der Waals surface area contributed by atoms with Crippen LogP contribution in [0.1, 0.15) is 0 Å². The first-order chi connectivity index (χ1) is 12.6. The second-order valence-corrected chi connectivity index (χ2v) is 4.75. The van der Waals surface area contributed by atoms with Crippen molar-refractivity contribution in [3.63, 3.8) is 0 Å². The highest BCUT2D eigenvalue weighted by Crippen LogP contribution is 2.36. The molecule has 27 heavy (non-hydrogen) atoms. The Hall–Kier alpha value is -2.83. The number of halogens is 9. The van der Waals surface area contributed by atoms with Gasteiger partial charge in [0.25, 0.3) is 0 Å². The van der Waals surface area contributed by atoms with Crippen LogP contribution < -0.4 is 5.32 Å².